The Morgan fingerprint density at radius 2 is 1.91 bits per heavy atom. The zero-order valence-electron chi connectivity index (χ0n) is 18.5. The van der Waals surface area contributed by atoms with Gasteiger partial charge in [0.15, 0.2) is 5.75 Å². The molecule has 0 amide bonds. The number of anilines is 1. The summed E-state index contributed by atoms with van der Waals surface area (Å²) in [5, 5.41) is 0. The van der Waals surface area contributed by atoms with Crippen molar-refractivity contribution in [3.63, 3.8) is 0 Å². The lowest BCUT2D eigenvalue weighted by atomic mass is 9.94. The van der Waals surface area contributed by atoms with Crippen LogP contribution in [0.2, 0.25) is 0 Å². The molecule has 0 N–H and O–H groups in total. The molecule has 0 spiro atoms. The molecule has 2 unspecified atom stereocenters. The standard InChI is InChI=1S/C24H29F2N3O3/c1-3-4-22(30)16(2)17-5-7-19(8-6-17)32-20-9-10-29(14-20)23-27-12-21(13-28-23)31-15-18-11-24(18,25)26/h5-8,12-13,16,18,20H,3-4,9-11,14-15H2,1-2H3/t16?,18?,20-/m1/s1. The van der Waals surface area contributed by atoms with E-state index in [0.717, 1.165) is 30.7 Å². The number of carbonyl (C=O) groups is 1. The topological polar surface area (TPSA) is 64.5 Å². The Bertz CT molecular complexity index is 921. The molecule has 4 rings (SSSR count). The van der Waals surface area contributed by atoms with E-state index in [4.69, 9.17) is 9.47 Å². The van der Waals surface area contributed by atoms with Gasteiger partial charge in [-0.1, -0.05) is 26.0 Å². The fourth-order valence-corrected chi connectivity index (χ4v) is 3.88. The quantitative estimate of drug-likeness (QED) is 0.531. The van der Waals surface area contributed by atoms with Crippen molar-refractivity contribution in [3.8, 4) is 11.5 Å². The average Bonchev–Trinajstić information content (AvgIpc) is 3.16. The summed E-state index contributed by atoms with van der Waals surface area (Å²) in [6, 6.07) is 7.75. The van der Waals surface area contributed by atoms with Gasteiger partial charge in [-0.2, -0.15) is 0 Å². The van der Waals surface area contributed by atoms with Crippen molar-refractivity contribution in [1.82, 2.24) is 9.97 Å². The summed E-state index contributed by atoms with van der Waals surface area (Å²) >= 11 is 0. The van der Waals surface area contributed by atoms with Gasteiger partial charge in [0, 0.05) is 31.7 Å². The van der Waals surface area contributed by atoms with Crippen molar-refractivity contribution in [3.05, 3.63) is 42.2 Å². The molecule has 1 aliphatic heterocycles. The molecule has 1 aliphatic carbocycles. The Balaban J connectivity index is 1.26. The molecule has 1 aromatic carbocycles. The third kappa shape index (κ3) is 5.34. The van der Waals surface area contributed by atoms with Crippen LogP contribution in [0, 0.1) is 5.92 Å². The molecule has 0 bridgehead atoms. The summed E-state index contributed by atoms with van der Waals surface area (Å²) in [7, 11) is 0. The normalized spacial score (nSPS) is 22.4. The van der Waals surface area contributed by atoms with Crippen LogP contribution in [-0.4, -0.2) is 47.5 Å². The minimum absolute atomic E-state index is 0.0108. The number of carbonyl (C=O) groups excluding carboxylic acids is 1. The van der Waals surface area contributed by atoms with Gasteiger partial charge < -0.3 is 14.4 Å². The van der Waals surface area contributed by atoms with Crippen LogP contribution < -0.4 is 14.4 Å². The Hall–Kier alpha value is -2.77. The van der Waals surface area contributed by atoms with E-state index in [1.54, 1.807) is 0 Å². The molecule has 32 heavy (non-hydrogen) atoms. The first-order valence-corrected chi connectivity index (χ1v) is 11.2. The van der Waals surface area contributed by atoms with E-state index in [1.807, 2.05) is 43.0 Å². The van der Waals surface area contributed by atoms with Gasteiger partial charge in [-0.05, 0) is 24.1 Å². The average molecular weight is 446 g/mol. The maximum atomic E-state index is 12.9. The summed E-state index contributed by atoms with van der Waals surface area (Å²) in [6.45, 7) is 5.36. The summed E-state index contributed by atoms with van der Waals surface area (Å²) in [6.07, 6.45) is 5.25. The van der Waals surface area contributed by atoms with Gasteiger partial charge in [-0.25, -0.2) is 18.7 Å². The molecule has 1 saturated heterocycles. The van der Waals surface area contributed by atoms with Gasteiger partial charge in [0.25, 0.3) is 5.92 Å². The van der Waals surface area contributed by atoms with Gasteiger partial charge >= 0.3 is 0 Å². The number of ether oxygens (including phenoxy) is 2. The number of halogens is 2. The summed E-state index contributed by atoms with van der Waals surface area (Å²) in [5.74, 6) is -1.39. The predicted molar refractivity (Wildman–Crippen MR) is 117 cm³/mol. The number of hydrogen-bond acceptors (Lipinski definition) is 6. The molecule has 0 radical (unpaired) electrons. The van der Waals surface area contributed by atoms with Crippen LogP contribution >= 0.6 is 0 Å². The molecule has 6 nitrogen and oxygen atoms in total. The SMILES string of the molecule is CCCC(=O)C(C)c1ccc(O[C@@H]2CCN(c3ncc(OCC4CC4(F)F)cn3)C2)cc1. The van der Waals surface area contributed by atoms with Crippen LogP contribution in [0.1, 0.15) is 51.0 Å². The number of ketones is 1. The fourth-order valence-electron chi connectivity index (χ4n) is 3.88. The second kappa shape index (κ2) is 9.38. The molecular weight excluding hydrogens is 416 g/mol. The maximum Gasteiger partial charge on any atom is 0.255 e. The van der Waals surface area contributed by atoms with Crippen LogP contribution in [-0.2, 0) is 4.79 Å². The molecule has 1 saturated carbocycles. The van der Waals surface area contributed by atoms with E-state index in [-0.39, 0.29) is 30.8 Å². The number of benzene rings is 1. The molecule has 3 atom stereocenters. The van der Waals surface area contributed by atoms with Gasteiger partial charge in [-0.3, -0.25) is 4.79 Å². The molecule has 2 fully saturated rings. The first kappa shape index (κ1) is 22.4. The van der Waals surface area contributed by atoms with Crippen LogP contribution in [0.4, 0.5) is 14.7 Å². The van der Waals surface area contributed by atoms with Crippen molar-refractivity contribution in [1.29, 1.82) is 0 Å². The second-order valence-electron chi connectivity index (χ2n) is 8.67. The Morgan fingerprint density at radius 1 is 1.22 bits per heavy atom. The highest BCUT2D eigenvalue weighted by Crippen LogP contribution is 2.48. The molecular formula is C24H29F2N3O3. The maximum absolute atomic E-state index is 12.9. The third-order valence-electron chi connectivity index (χ3n) is 6.11. The lowest BCUT2D eigenvalue weighted by molar-refractivity contribution is -0.120. The highest BCUT2D eigenvalue weighted by atomic mass is 19.3. The minimum Gasteiger partial charge on any atom is -0.490 e. The van der Waals surface area contributed by atoms with Crippen molar-refractivity contribution in [2.75, 3.05) is 24.6 Å². The number of Topliss-reactive ketones (excluding diaryl/α,β-unsaturated/α-hetero) is 1. The second-order valence-corrected chi connectivity index (χ2v) is 8.67. The zero-order valence-corrected chi connectivity index (χ0v) is 18.5. The molecule has 2 aliphatic rings. The van der Waals surface area contributed by atoms with Crippen molar-refractivity contribution < 1.29 is 23.0 Å². The zero-order chi connectivity index (χ0) is 22.7. The van der Waals surface area contributed by atoms with Gasteiger partial charge in [0.05, 0.1) is 31.5 Å². The van der Waals surface area contributed by atoms with Crippen molar-refractivity contribution in [2.45, 2.75) is 57.5 Å². The smallest absolute Gasteiger partial charge is 0.255 e. The number of alkyl halides is 2. The molecule has 8 heteroatoms. The van der Waals surface area contributed by atoms with Gasteiger partial charge in [0.2, 0.25) is 5.95 Å². The molecule has 2 aromatic rings. The van der Waals surface area contributed by atoms with E-state index >= 15 is 0 Å². The largest absolute Gasteiger partial charge is 0.490 e. The van der Waals surface area contributed by atoms with Crippen LogP contribution in [0.25, 0.3) is 0 Å². The number of hydrogen-bond donors (Lipinski definition) is 0. The van der Waals surface area contributed by atoms with E-state index < -0.39 is 11.8 Å². The lowest BCUT2D eigenvalue weighted by Crippen LogP contribution is -2.26. The Kier molecular flexibility index (Phi) is 6.58. The monoisotopic (exact) mass is 445 g/mol. The van der Waals surface area contributed by atoms with Crippen molar-refractivity contribution >= 4 is 11.7 Å². The summed E-state index contributed by atoms with van der Waals surface area (Å²) in [5.41, 5.74) is 1.00. The number of rotatable bonds is 10. The van der Waals surface area contributed by atoms with Gasteiger partial charge in [0.1, 0.15) is 17.6 Å². The van der Waals surface area contributed by atoms with Crippen LogP contribution in [0.5, 0.6) is 11.5 Å². The third-order valence-corrected chi connectivity index (χ3v) is 6.11. The highest BCUT2D eigenvalue weighted by molar-refractivity contribution is 5.85. The van der Waals surface area contributed by atoms with Crippen LogP contribution in [0.3, 0.4) is 0 Å². The summed E-state index contributed by atoms with van der Waals surface area (Å²) < 4.78 is 37.3. The number of aromatic nitrogens is 2. The highest BCUT2D eigenvalue weighted by Gasteiger charge is 2.57. The van der Waals surface area contributed by atoms with Crippen molar-refractivity contribution in [2.24, 2.45) is 5.92 Å². The Labute approximate surface area is 187 Å². The van der Waals surface area contributed by atoms with Crippen LogP contribution in [0.15, 0.2) is 36.7 Å². The minimum atomic E-state index is -2.59. The van der Waals surface area contributed by atoms with E-state index in [1.165, 1.54) is 12.4 Å². The first-order valence-electron chi connectivity index (χ1n) is 11.2. The van der Waals surface area contributed by atoms with Gasteiger partial charge in [-0.15, -0.1) is 0 Å². The van der Waals surface area contributed by atoms with E-state index in [9.17, 15) is 13.6 Å². The predicted octanol–water partition coefficient (Wildman–Crippen LogP) is 4.64. The summed E-state index contributed by atoms with van der Waals surface area (Å²) in [4.78, 5) is 22.8. The number of nitrogens with zero attached hydrogens (tertiary/aromatic N) is 3. The molecule has 1 aromatic heterocycles. The fraction of sp³-hybridized carbons (Fsp3) is 0.542. The van der Waals surface area contributed by atoms with E-state index in [2.05, 4.69) is 9.97 Å². The van der Waals surface area contributed by atoms with E-state index in [0.29, 0.717) is 24.7 Å². The Morgan fingerprint density at radius 3 is 2.53 bits per heavy atom. The molecule has 2 heterocycles. The molecule has 172 valence electrons. The first-order chi connectivity index (χ1) is 15.4. The lowest BCUT2D eigenvalue weighted by Gasteiger charge is -2.18.